The molecule has 2 fully saturated rings. The summed E-state index contributed by atoms with van der Waals surface area (Å²) in [5.41, 5.74) is 2.52. The summed E-state index contributed by atoms with van der Waals surface area (Å²) in [6.07, 6.45) is 5.87. The van der Waals surface area contributed by atoms with E-state index < -0.39 is 0 Å². The lowest BCUT2D eigenvalue weighted by Crippen LogP contribution is -2.44. The Hall–Kier alpha value is -1.43. The van der Waals surface area contributed by atoms with Crippen molar-refractivity contribution < 1.29 is 9.53 Å². The summed E-state index contributed by atoms with van der Waals surface area (Å²) in [5, 5.41) is 6.32. The van der Waals surface area contributed by atoms with Crippen LogP contribution in [0, 0.1) is 0 Å². The minimum atomic E-state index is 0.0802. The topological polar surface area (TPSA) is 53.6 Å². The highest BCUT2D eigenvalue weighted by Gasteiger charge is 2.16. The van der Waals surface area contributed by atoms with Crippen LogP contribution < -0.4 is 10.6 Å². The molecule has 5 nitrogen and oxygen atoms in total. The maximum absolute atomic E-state index is 12.0. The normalized spacial score (nSPS) is 22.3. The quantitative estimate of drug-likeness (QED) is 0.829. The lowest BCUT2D eigenvalue weighted by atomic mass is 10.1. The molecule has 1 unspecified atom stereocenters. The van der Waals surface area contributed by atoms with E-state index >= 15 is 0 Å². The number of carbonyl (C=O) groups excluding carboxylic acids is 1. The molecule has 0 aliphatic carbocycles. The van der Waals surface area contributed by atoms with Gasteiger partial charge in [-0.3, -0.25) is 9.69 Å². The van der Waals surface area contributed by atoms with E-state index in [9.17, 15) is 4.79 Å². The molecular weight excluding hydrogens is 314 g/mol. The number of hydrogen-bond acceptors (Lipinski definition) is 4. The van der Waals surface area contributed by atoms with E-state index in [-0.39, 0.29) is 11.9 Å². The molecule has 0 saturated carbocycles. The molecule has 138 valence electrons. The first-order valence-electron chi connectivity index (χ1n) is 9.67. The van der Waals surface area contributed by atoms with Crippen LogP contribution in [0.5, 0.6) is 0 Å². The second kappa shape index (κ2) is 9.90. The van der Waals surface area contributed by atoms with Crippen LogP contribution in [0.4, 0.5) is 0 Å². The van der Waals surface area contributed by atoms with Crippen molar-refractivity contribution in [1.82, 2.24) is 15.5 Å². The monoisotopic (exact) mass is 345 g/mol. The summed E-state index contributed by atoms with van der Waals surface area (Å²) in [7, 11) is 0. The molecule has 2 heterocycles. The molecular formula is C20H31N3O2. The number of nitrogens with one attached hydrogen (secondary N) is 2. The summed E-state index contributed by atoms with van der Waals surface area (Å²) in [6, 6.07) is 8.81. The van der Waals surface area contributed by atoms with Crippen LogP contribution in [0.25, 0.3) is 0 Å². The van der Waals surface area contributed by atoms with E-state index in [0.717, 1.165) is 25.3 Å². The van der Waals surface area contributed by atoms with Crippen LogP contribution >= 0.6 is 0 Å². The van der Waals surface area contributed by atoms with Crippen molar-refractivity contribution in [2.75, 3.05) is 32.8 Å². The van der Waals surface area contributed by atoms with Crippen molar-refractivity contribution >= 4 is 5.91 Å². The Kier molecular flexibility index (Phi) is 7.27. The van der Waals surface area contributed by atoms with Gasteiger partial charge in [0.25, 0.3) is 0 Å². The summed E-state index contributed by atoms with van der Waals surface area (Å²) in [6.45, 7) is 6.26. The molecule has 1 aromatic carbocycles. The molecule has 2 aliphatic rings. The zero-order valence-electron chi connectivity index (χ0n) is 15.1. The second-order valence-corrected chi connectivity index (χ2v) is 7.21. The van der Waals surface area contributed by atoms with Crippen LogP contribution in [0.1, 0.15) is 43.2 Å². The minimum Gasteiger partial charge on any atom is -0.378 e. The van der Waals surface area contributed by atoms with E-state index in [0.29, 0.717) is 19.6 Å². The van der Waals surface area contributed by atoms with Crippen molar-refractivity contribution in [3.8, 4) is 0 Å². The minimum absolute atomic E-state index is 0.0802. The third kappa shape index (κ3) is 6.42. The second-order valence-electron chi connectivity index (χ2n) is 7.21. The maximum Gasteiger partial charge on any atom is 0.221 e. The van der Waals surface area contributed by atoms with E-state index in [1.54, 1.807) is 0 Å². The first-order valence-corrected chi connectivity index (χ1v) is 9.67. The van der Waals surface area contributed by atoms with Gasteiger partial charge in [-0.25, -0.2) is 0 Å². The average molecular weight is 345 g/mol. The predicted molar refractivity (Wildman–Crippen MR) is 99.3 cm³/mol. The standard InChI is InChI=1S/C20H31N3O2/c24-20(13-19-16-25-12-9-21-19)22-14-17-5-7-18(8-6-17)15-23-10-3-1-2-4-11-23/h5-8,19,21H,1-4,9-16H2,(H,22,24). The molecule has 3 rings (SSSR count). The van der Waals surface area contributed by atoms with Crippen molar-refractivity contribution in [3.05, 3.63) is 35.4 Å². The molecule has 0 radical (unpaired) electrons. The molecule has 2 N–H and O–H groups in total. The lowest BCUT2D eigenvalue weighted by molar-refractivity contribution is -0.122. The summed E-state index contributed by atoms with van der Waals surface area (Å²) in [4.78, 5) is 14.6. The number of rotatable bonds is 6. The average Bonchev–Trinajstić information content (AvgIpc) is 2.91. The zero-order valence-corrected chi connectivity index (χ0v) is 15.1. The van der Waals surface area contributed by atoms with Crippen LogP contribution in [-0.4, -0.2) is 49.7 Å². The largest absolute Gasteiger partial charge is 0.378 e. The van der Waals surface area contributed by atoms with Crippen molar-refractivity contribution in [2.24, 2.45) is 0 Å². The Morgan fingerprint density at radius 2 is 1.84 bits per heavy atom. The number of benzene rings is 1. The molecule has 5 heteroatoms. The Morgan fingerprint density at radius 1 is 1.12 bits per heavy atom. The van der Waals surface area contributed by atoms with Crippen LogP contribution in [0.15, 0.2) is 24.3 Å². The molecule has 0 spiro atoms. The van der Waals surface area contributed by atoms with Gasteiger partial charge in [0.2, 0.25) is 5.91 Å². The highest BCUT2D eigenvalue weighted by molar-refractivity contribution is 5.76. The van der Waals surface area contributed by atoms with E-state index in [4.69, 9.17) is 4.74 Å². The smallest absolute Gasteiger partial charge is 0.221 e. The third-order valence-corrected chi connectivity index (χ3v) is 5.05. The van der Waals surface area contributed by atoms with Gasteiger partial charge in [0.1, 0.15) is 0 Å². The van der Waals surface area contributed by atoms with Crippen LogP contribution in [0.3, 0.4) is 0 Å². The number of ether oxygens (including phenoxy) is 1. The van der Waals surface area contributed by atoms with E-state index in [1.165, 1.54) is 44.3 Å². The molecule has 0 bridgehead atoms. The SMILES string of the molecule is O=C(CC1COCCN1)NCc1ccc(CN2CCCCCC2)cc1. The first-order chi connectivity index (χ1) is 12.3. The number of carbonyl (C=O) groups is 1. The zero-order chi connectivity index (χ0) is 17.3. The molecule has 1 aromatic rings. The highest BCUT2D eigenvalue weighted by atomic mass is 16.5. The van der Waals surface area contributed by atoms with Crippen LogP contribution in [-0.2, 0) is 22.6 Å². The van der Waals surface area contributed by atoms with E-state index in [1.807, 2.05) is 0 Å². The van der Waals surface area contributed by atoms with Crippen LogP contribution in [0.2, 0.25) is 0 Å². The fourth-order valence-corrected chi connectivity index (χ4v) is 3.56. The summed E-state index contributed by atoms with van der Waals surface area (Å²) >= 11 is 0. The van der Waals surface area contributed by atoms with Gasteiger partial charge in [-0.2, -0.15) is 0 Å². The number of amides is 1. The molecule has 0 aromatic heterocycles. The summed E-state index contributed by atoms with van der Waals surface area (Å²) < 4.78 is 5.38. The van der Waals surface area contributed by atoms with E-state index in [2.05, 4.69) is 39.8 Å². The molecule has 2 saturated heterocycles. The molecule has 1 atom stereocenters. The van der Waals surface area contributed by atoms with Crippen molar-refractivity contribution in [3.63, 3.8) is 0 Å². The predicted octanol–water partition coefficient (Wildman–Crippen LogP) is 2.06. The lowest BCUT2D eigenvalue weighted by Gasteiger charge is -2.23. The van der Waals surface area contributed by atoms with Gasteiger partial charge < -0.3 is 15.4 Å². The first kappa shape index (κ1) is 18.4. The van der Waals surface area contributed by atoms with Gasteiger partial charge >= 0.3 is 0 Å². The fourth-order valence-electron chi connectivity index (χ4n) is 3.56. The number of likely N-dealkylation sites (tertiary alicyclic amines) is 1. The Bertz CT molecular complexity index is 518. The Balaban J connectivity index is 1.40. The van der Waals surface area contributed by atoms with Gasteiger partial charge in [0.05, 0.1) is 13.2 Å². The third-order valence-electron chi connectivity index (χ3n) is 5.05. The molecule has 2 aliphatic heterocycles. The van der Waals surface area contributed by atoms with Gasteiger partial charge in [-0.15, -0.1) is 0 Å². The Morgan fingerprint density at radius 3 is 2.52 bits per heavy atom. The maximum atomic E-state index is 12.0. The number of nitrogens with zero attached hydrogens (tertiary/aromatic N) is 1. The fraction of sp³-hybridized carbons (Fsp3) is 0.650. The summed E-state index contributed by atoms with van der Waals surface area (Å²) in [5.74, 6) is 0.0802. The Labute approximate surface area is 151 Å². The molecule has 1 amide bonds. The number of morpholine rings is 1. The van der Waals surface area contributed by atoms with Gasteiger partial charge in [0.15, 0.2) is 0 Å². The molecule has 25 heavy (non-hydrogen) atoms. The van der Waals surface area contributed by atoms with Crippen molar-refractivity contribution in [1.29, 1.82) is 0 Å². The highest BCUT2D eigenvalue weighted by Crippen LogP contribution is 2.14. The van der Waals surface area contributed by atoms with Gasteiger partial charge in [-0.05, 0) is 37.1 Å². The van der Waals surface area contributed by atoms with Crippen molar-refractivity contribution in [2.45, 2.75) is 51.2 Å². The van der Waals surface area contributed by atoms with Gasteiger partial charge in [0, 0.05) is 32.1 Å². The van der Waals surface area contributed by atoms with Gasteiger partial charge in [-0.1, -0.05) is 37.1 Å². The number of hydrogen-bond donors (Lipinski definition) is 2.